The number of rotatable bonds is 4. The summed E-state index contributed by atoms with van der Waals surface area (Å²) in [6, 6.07) is 11.6. The van der Waals surface area contributed by atoms with Crippen molar-refractivity contribution in [2.24, 2.45) is 11.8 Å². The van der Waals surface area contributed by atoms with Gasteiger partial charge in [0, 0.05) is 15.7 Å². The molecule has 24 heavy (non-hydrogen) atoms. The van der Waals surface area contributed by atoms with Gasteiger partial charge in [0.1, 0.15) is 0 Å². The first-order valence-electron chi connectivity index (χ1n) is 7.26. The number of halogens is 3. The van der Waals surface area contributed by atoms with E-state index in [4.69, 9.17) is 34.8 Å². The number of amides is 2. The van der Waals surface area contributed by atoms with E-state index < -0.39 is 0 Å². The molecule has 124 valence electrons. The smallest absolute Gasteiger partial charge is 0.228 e. The van der Waals surface area contributed by atoms with Gasteiger partial charge in [0.05, 0.1) is 22.5 Å². The third kappa shape index (κ3) is 4.01. The average Bonchev–Trinajstić information content (AvgIpc) is 3.34. The summed E-state index contributed by atoms with van der Waals surface area (Å²) >= 11 is 17.7. The first kappa shape index (κ1) is 17.1. The second-order valence-electron chi connectivity index (χ2n) is 5.56. The number of benzene rings is 2. The minimum atomic E-state index is -0.368. The van der Waals surface area contributed by atoms with Crippen LogP contribution < -0.4 is 10.6 Å². The van der Waals surface area contributed by atoms with E-state index in [0.29, 0.717) is 32.9 Å². The molecule has 0 spiro atoms. The summed E-state index contributed by atoms with van der Waals surface area (Å²) in [6.07, 6.45) is 0.503. The monoisotopic (exact) mass is 382 g/mol. The van der Waals surface area contributed by atoms with Gasteiger partial charge in [-0.15, -0.1) is 0 Å². The maximum Gasteiger partial charge on any atom is 0.228 e. The van der Waals surface area contributed by atoms with Gasteiger partial charge >= 0.3 is 0 Å². The van der Waals surface area contributed by atoms with Crippen molar-refractivity contribution < 1.29 is 9.59 Å². The highest BCUT2D eigenvalue weighted by molar-refractivity contribution is 6.35. The number of nitrogens with one attached hydrogen (secondary N) is 2. The maximum atomic E-state index is 12.2. The largest absolute Gasteiger partial charge is 0.326 e. The van der Waals surface area contributed by atoms with E-state index in [-0.39, 0.29) is 23.7 Å². The summed E-state index contributed by atoms with van der Waals surface area (Å²) in [5.41, 5.74) is 1.09. The van der Waals surface area contributed by atoms with Crippen molar-refractivity contribution >= 4 is 58.0 Å². The Kier molecular flexibility index (Phi) is 4.99. The molecule has 2 N–H and O–H groups in total. The van der Waals surface area contributed by atoms with Gasteiger partial charge in [-0.1, -0.05) is 34.8 Å². The Bertz CT molecular complexity index is 793. The predicted octanol–water partition coefficient (Wildman–Crippen LogP) is 4.86. The van der Waals surface area contributed by atoms with Gasteiger partial charge in [0.2, 0.25) is 11.8 Å². The molecule has 1 aliphatic rings. The molecule has 1 saturated carbocycles. The fourth-order valence-corrected chi connectivity index (χ4v) is 2.82. The molecule has 0 radical (unpaired) electrons. The minimum absolute atomic E-state index is 0.185. The predicted molar refractivity (Wildman–Crippen MR) is 96.8 cm³/mol. The van der Waals surface area contributed by atoms with Crippen molar-refractivity contribution in [3.63, 3.8) is 0 Å². The van der Waals surface area contributed by atoms with E-state index in [1.165, 1.54) is 0 Å². The van der Waals surface area contributed by atoms with Crippen LogP contribution in [-0.2, 0) is 9.59 Å². The Morgan fingerprint density at radius 1 is 0.833 bits per heavy atom. The van der Waals surface area contributed by atoms with Crippen LogP contribution in [0.3, 0.4) is 0 Å². The molecular weight excluding hydrogens is 371 g/mol. The molecule has 2 amide bonds. The van der Waals surface area contributed by atoms with Gasteiger partial charge < -0.3 is 10.6 Å². The number of carbonyl (C=O) groups excluding carboxylic acids is 2. The van der Waals surface area contributed by atoms with Gasteiger partial charge in [0.15, 0.2) is 0 Å². The van der Waals surface area contributed by atoms with Crippen LogP contribution in [0.15, 0.2) is 42.5 Å². The molecule has 1 aliphatic carbocycles. The normalized spacial score (nSPS) is 18.8. The third-order valence-electron chi connectivity index (χ3n) is 3.76. The van der Waals surface area contributed by atoms with Gasteiger partial charge in [-0.2, -0.15) is 0 Å². The van der Waals surface area contributed by atoms with Crippen molar-refractivity contribution in [1.29, 1.82) is 0 Å². The molecule has 0 saturated heterocycles. The quantitative estimate of drug-likeness (QED) is 0.792. The van der Waals surface area contributed by atoms with Crippen LogP contribution in [0.5, 0.6) is 0 Å². The molecule has 1 fully saturated rings. The van der Waals surface area contributed by atoms with Crippen molar-refractivity contribution in [1.82, 2.24) is 0 Å². The van der Waals surface area contributed by atoms with E-state index in [1.54, 1.807) is 42.5 Å². The first-order chi connectivity index (χ1) is 11.4. The summed E-state index contributed by atoms with van der Waals surface area (Å²) in [5.74, 6) is -1.14. The summed E-state index contributed by atoms with van der Waals surface area (Å²) in [6.45, 7) is 0. The summed E-state index contributed by atoms with van der Waals surface area (Å²) in [5, 5.41) is 6.96. The number of carbonyl (C=O) groups is 2. The highest BCUT2D eigenvalue weighted by Crippen LogP contribution is 2.41. The van der Waals surface area contributed by atoms with Gasteiger partial charge in [-0.05, 0) is 48.9 Å². The topological polar surface area (TPSA) is 58.2 Å². The summed E-state index contributed by atoms with van der Waals surface area (Å²) in [4.78, 5) is 24.4. The molecule has 3 rings (SSSR count). The molecule has 2 aromatic rings. The van der Waals surface area contributed by atoms with Crippen molar-refractivity contribution in [3.8, 4) is 0 Å². The van der Waals surface area contributed by atoms with E-state index in [1.807, 2.05) is 0 Å². The Labute approximate surface area is 154 Å². The zero-order valence-electron chi connectivity index (χ0n) is 12.4. The maximum absolute atomic E-state index is 12.2. The van der Waals surface area contributed by atoms with Crippen LogP contribution in [0.4, 0.5) is 11.4 Å². The summed E-state index contributed by atoms with van der Waals surface area (Å²) < 4.78 is 0. The Morgan fingerprint density at radius 2 is 1.42 bits per heavy atom. The lowest BCUT2D eigenvalue weighted by Crippen LogP contribution is -2.20. The van der Waals surface area contributed by atoms with Crippen LogP contribution >= 0.6 is 34.8 Å². The van der Waals surface area contributed by atoms with E-state index in [2.05, 4.69) is 10.6 Å². The molecule has 2 aromatic carbocycles. The van der Waals surface area contributed by atoms with E-state index in [9.17, 15) is 9.59 Å². The number of anilines is 2. The molecule has 0 bridgehead atoms. The Balaban J connectivity index is 1.58. The standard InChI is InChI=1S/C17H13Cl3N2O2/c18-9-1-4-11(5-2-9)21-16(23)12-8-13(12)17(24)22-15-7-10(19)3-6-14(15)20/h1-7,12-13H,8H2,(H,21,23)(H,22,24). The zero-order chi connectivity index (χ0) is 17.3. The molecule has 0 aromatic heterocycles. The highest BCUT2D eigenvalue weighted by Gasteiger charge is 2.48. The lowest BCUT2D eigenvalue weighted by Gasteiger charge is -2.08. The molecule has 0 aliphatic heterocycles. The molecular formula is C17H13Cl3N2O2. The third-order valence-corrected chi connectivity index (χ3v) is 4.58. The number of hydrogen-bond donors (Lipinski definition) is 2. The molecule has 2 unspecified atom stereocenters. The van der Waals surface area contributed by atoms with Gasteiger partial charge in [-0.25, -0.2) is 0 Å². The fraction of sp³-hybridized carbons (Fsp3) is 0.176. The van der Waals surface area contributed by atoms with Crippen molar-refractivity contribution in [2.45, 2.75) is 6.42 Å². The van der Waals surface area contributed by atoms with E-state index >= 15 is 0 Å². The zero-order valence-corrected chi connectivity index (χ0v) is 14.6. The lowest BCUT2D eigenvalue weighted by atomic mass is 10.2. The van der Waals surface area contributed by atoms with Crippen LogP contribution in [0.2, 0.25) is 15.1 Å². The number of hydrogen-bond acceptors (Lipinski definition) is 2. The van der Waals surface area contributed by atoms with Crippen LogP contribution in [0.1, 0.15) is 6.42 Å². The Hall–Kier alpha value is -1.75. The molecule has 2 atom stereocenters. The summed E-state index contributed by atoms with van der Waals surface area (Å²) in [7, 11) is 0. The van der Waals surface area contributed by atoms with Crippen molar-refractivity contribution in [2.75, 3.05) is 10.6 Å². The lowest BCUT2D eigenvalue weighted by molar-refractivity contribution is -0.122. The van der Waals surface area contributed by atoms with E-state index in [0.717, 1.165) is 0 Å². The second-order valence-corrected chi connectivity index (χ2v) is 6.84. The van der Waals surface area contributed by atoms with Crippen molar-refractivity contribution in [3.05, 3.63) is 57.5 Å². The molecule has 7 heteroatoms. The highest BCUT2D eigenvalue weighted by atomic mass is 35.5. The van der Waals surface area contributed by atoms with Gasteiger partial charge in [0.25, 0.3) is 0 Å². The van der Waals surface area contributed by atoms with Crippen LogP contribution in [0.25, 0.3) is 0 Å². The molecule has 4 nitrogen and oxygen atoms in total. The average molecular weight is 384 g/mol. The molecule has 0 heterocycles. The fourth-order valence-electron chi connectivity index (χ4n) is 2.36. The SMILES string of the molecule is O=C(Nc1ccc(Cl)cc1)C1CC1C(=O)Nc1cc(Cl)ccc1Cl. The van der Waals surface area contributed by atoms with Crippen LogP contribution in [0, 0.1) is 11.8 Å². The minimum Gasteiger partial charge on any atom is -0.326 e. The first-order valence-corrected chi connectivity index (χ1v) is 8.40. The Morgan fingerprint density at radius 3 is 2.08 bits per heavy atom. The van der Waals surface area contributed by atoms with Gasteiger partial charge in [-0.3, -0.25) is 9.59 Å². The second kappa shape index (κ2) is 7.01. The van der Waals surface area contributed by atoms with Crippen LogP contribution in [-0.4, -0.2) is 11.8 Å².